The fourth-order valence-electron chi connectivity index (χ4n) is 3.64. The first-order chi connectivity index (χ1) is 15.4. The van der Waals surface area contributed by atoms with Crippen LogP contribution in [-0.4, -0.2) is 20.4 Å². The molecule has 0 unspecified atom stereocenters. The topological polar surface area (TPSA) is 114 Å². The number of non-ortho nitro benzene ring substituents is 1. The molecule has 4 rings (SSSR count). The SMILES string of the molecule is Cn1c(=O)c(C(=O)C[C@@H](Nc2cccc([N+](=O)[O-])c2)c2cccs2)c(O)c2ccccc21. The van der Waals surface area contributed by atoms with Gasteiger partial charge in [0.05, 0.1) is 16.5 Å². The molecule has 0 amide bonds. The molecule has 2 aromatic heterocycles. The quantitative estimate of drug-likeness (QED) is 0.241. The second-order valence-electron chi connectivity index (χ2n) is 7.25. The normalized spacial score (nSPS) is 11.9. The lowest BCUT2D eigenvalue weighted by Gasteiger charge is -2.19. The molecule has 1 atom stereocenters. The molecular formula is C23H19N3O5S. The summed E-state index contributed by atoms with van der Waals surface area (Å²) < 4.78 is 1.34. The number of nitrogens with one attached hydrogen (secondary N) is 1. The predicted octanol–water partition coefficient (Wildman–Crippen LogP) is 4.64. The summed E-state index contributed by atoms with van der Waals surface area (Å²) in [5.41, 5.74) is 0.0736. The summed E-state index contributed by atoms with van der Waals surface area (Å²) in [4.78, 5) is 37.6. The van der Waals surface area contributed by atoms with Crippen LogP contribution in [0.3, 0.4) is 0 Å². The Morgan fingerprint density at radius 2 is 1.97 bits per heavy atom. The number of carbonyl (C=O) groups is 1. The number of hydrogen-bond acceptors (Lipinski definition) is 7. The summed E-state index contributed by atoms with van der Waals surface area (Å²) in [5.74, 6) is -0.862. The average molecular weight is 449 g/mol. The number of nitrogens with zero attached hydrogens (tertiary/aromatic N) is 2. The summed E-state index contributed by atoms with van der Waals surface area (Å²) in [6.45, 7) is 0. The van der Waals surface area contributed by atoms with Gasteiger partial charge >= 0.3 is 0 Å². The van der Waals surface area contributed by atoms with Gasteiger partial charge in [0, 0.05) is 41.6 Å². The number of ketones is 1. The van der Waals surface area contributed by atoms with E-state index in [0.29, 0.717) is 16.6 Å². The number of nitro benzene ring substituents is 1. The van der Waals surface area contributed by atoms with Gasteiger partial charge < -0.3 is 15.0 Å². The summed E-state index contributed by atoms with van der Waals surface area (Å²) in [6.07, 6.45) is -0.121. The van der Waals surface area contributed by atoms with Crippen LogP contribution >= 0.6 is 11.3 Å². The van der Waals surface area contributed by atoms with Crippen LogP contribution in [0, 0.1) is 10.1 Å². The van der Waals surface area contributed by atoms with Gasteiger partial charge in [-0.1, -0.05) is 24.3 Å². The molecule has 2 aromatic carbocycles. The molecule has 32 heavy (non-hydrogen) atoms. The molecule has 162 valence electrons. The minimum absolute atomic E-state index is 0.0766. The van der Waals surface area contributed by atoms with Crippen LogP contribution in [0.1, 0.15) is 27.7 Å². The Morgan fingerprint density at radius 1 is 1.19 bits per heavy atom. The van der Waals surface area contributed by atoms with Crippen molar-refractivity contribution < 1.29 is 14.8 Å². The van der Waals surface area contributed by atoms with Gasteiger partial charge in [0.15, 0.2) is 5.78 Å². The lowest BCUT2D eigenvalue weighted by Crippen LogP contribution is -2.26. The predicted molar refractivity (Wildman–Crippen MR) is 124 cm³/mol. The Labute approximate surface area is 186 Å². The molecule has 0 radical (unpaired) electrons. The van der Waals surface area contributed by atoms with E-state index < -0.39 is 22.3 Å². The molecule has 0 bridgehead atoms. The Hall–Kier alpha value is -3.98. The third kappa shape index (κ3) is 3.97. The van der Waals surface area contributed by atoms with E-state index in [4.69, 9.17) is 0 Å². The van der Waals surface area contributed by atoms with Crippen molar-refractivity contribution in [2.24, 2.45) is 7.05 Å². The molecule has 0 aliphatic heterocycles. The summed E-state index contributed by atoms with van der Waals surface area (Å²) in [7, 11) is 1.55. The first-order valence-electron chi connectivity index (χ1n) is 9.75. The lowest BCUT2D eigenvalue weighted by molar-refractivity contribution is -0.384. The van der Waals surface area contributed by atoms with Crippen molar-refractivity contribution in [3.05, 3.63) is 97.0 Å². The molecule has 8 nitrogen and oxygen atoms in total. The van der Waals surface area contributed by atoms with E-state index >= 15 is 0 Å². The van der Waals surface area contributed by atoms with Crippen LogP contribution in [0.2, 0.25) is 0 Å². The number of anilines is 1. The van der Waals surface area contributed by atoms with Crippen molar-refractivity contribution in [2.75, 3.05) is 5.32 Å². The number of aromatic hydroxyl groups is 1. The van der Waals surface area contributed by atoms with Gasteiger partial charge in [-0.2, -0.15) is 0 Å². The van der Waals surface area contributed by atoms with E-state index in [1.807, 2.05) is 17.5 Å². The lowest BCUT2D eigenvalue weighted by atomic mass is 10.0. The number of Topliss-reactive ketones (excluding diaryl/α,β-unsaturated/α-hetero) is 1. The van der Waals surface area contributed by atoms with Crippen LogP contribution in [0.15, 0.2) is 70.8 Å². The highest BCUT2D eigenvalue weighted by Crippen LogP contribution is 2.32. The molecule has 2 N–H and O–H groups in total. The highest BCUT2D eigenvalue weighted by atomic mass is 32.1. The van der Waals surface area contributed by atoms with Crippen molar-refractivity contribution >= 4 is 39.4 Å². The zero-order valence-electron chi connectivity index (χ0n) is 17.0. The number of thiophene rings is 1. The Balaban J connectivity index is 1.71. The molecule has 0 saturated carbocycles. The second kappa shape index (κ2) is 8.64. The van der Waals surface area contributed by atoms with Crippen LogP contribution in [0.5, 0.6) is 5.75 Å². The maximum absolute atomic E-state index is 13.2. The minimum Gasteiger partial charge on any atom is -0.506 e. The number of rotatable bonds is 7. The number of aromatic nitrogens is 1. The monoisotopic (exact) mass is 449 g/mol. The average Bonchev–Trinajstić information content (AvgIpc) is 3.32. The number of hydrogen-bond donors (Lipinski definition) is 2. The van der Waals surface area contributed by atoms with Gasteiger partial charge in [-0.15, -0.1) is 11.3 Å². The molecule has 0 spiro atoms. The fourth-order valence-corrected chi connectivity index (χ4v) is 4.42. The van der Waals surface area contributed by atoms with Crippen molar-refractivity contribution in [3.8, 4) is 5.75 Å². The van der Waals surface area contributed by atoms with Gasteiger partial charge in [0.2, 0.25) is 0 Å². The van der Waals surface area contributed by atoms with Crippen LogP contribution in [0.25, 0.3) is 10.9 Å². The Bertz CT molecular complexity index is 1380. The third-order valence-corrected chi connectivity index (χ3v) is 6.21. The highest BCUT2D eigenvalue weighted by molar-refractivity contribution is 7.10. The molecule has 0 aliphatic carbocycles. The first-order valence-corrected chi connectivity index (χ1v) is 10.6. The number of carbonyl (C=O) groups excluding carboxylic acids is 1. The van der Waals surface area contributed by atoms with Gasteiger partial charge in [0.1, 0.15) is 11.3 Å². The number of fused-ring (bicyclic) bond motifs is 1. The van der Waals surface area contributed by atoms with Crippen LogP contribution in [-0.2, 0) is 7.05 Å². The third-order valence-electron chi connectivity index (χ3n) is 5.23. The molecule has 2 heterocycles. The number of aryl methyl sites for hydroxylation is 1. The molecule has 4 aromatic rings. The van der Waals surface area contributed by atoms with Crippen LogP contribution in [0.4, 0.5) is 11.4 Å². The fraction of sp³-hybridized carbons (Fsp3) is 0.130. The number of nitro groups is 1. The first kappa shape index (κ1) is 21.3. The van der Waals surface area contributed by atoms with E-state index in [-0.39, 0.29) is 23.4 Å². The van der Waals surface area contributed by atoms with Gasteiger partial charge in [-0.3, -0.25) is 19.7 Å². The van der Waals surface area contributed by atoms with Gasteiger partial charge in [-0.25, -0.2) is 0 Å². The van der Waals surface area contributed by atoms with E-state index in [2.05, 4.69) is 5.32 Å². The number of para-hydroxylation sites is 1. The van der Waals surface area contributed by atoms with Crippen molar-refractivity contribution in [3.63, 3.8) is 0 Å². The Kier molecular flexibility index (Phi) is 5.74. The van der Waals surface area contributed by atoms with Crippen LogP contribution < -0.4 is 10.9 Å². The largest absolute Gasteiger partial charge is 0.506 e. The minimum atomic E-state index is -0.577. The maximum Gasteiger partial charge on any atom is 0.271 e. The van der Waals surface area contributed by atoms with E-state index in [0.717, 1.165) is 4.88 Å². The van der Waals surface area contributed by atoms with E-state index in [1.165, 1.54) is 28.0 Å². The molecule has 0 fully saturated rings. The Morgan fingerprint density at radius 3 is 2.69 bits per heavy atom. The summed E-state index contributed by atoms with van der Waals surface area (Å²) >= 11 is 1.42. The number of benzene rings is 2. The van der Waals surface area contributed by atoms with Crippen molar-refractivity contribution in [1.29, 1.82) is 0 Å². The molecule has 0 saturated heterocycles. The van der Waals surface area contributed by atoms with Gasteiger partial charge in [-0.05, 0) is 29.6 Å². The highest BCUT2D eigenvalue weighted by Gasteiger charge is 2.25. The maximum atomic E-state index is 13.2. The second-order valence-corrected chi connectivity index (χ2v) is 8.23. The molecule has 0 aliphatic rings. The van der Waals surface area contributed by atoms with Crippen molar-refractivity contribution in [1.82, 2.24) is 4.57 Å². The molecule has 9 heteroatoms. The molecular weight excluding hydrogens is 430 g/mol. The zero-order valence-corrected chi connectivity index (χ0v) is 17.8. The van der Waals surface area contributed by atoms with Crippen molar-refractivity contribution in [2.45, 2.75) is 12.5 Å². The van der Waals surface area contributed by atoms with E-state index in [1.54, 1.807) is 43.4 Å². The standard InChI is InChI=1S/C23H19N3O5S/c1-25-18-9-3-2-8-16(18)22(28)21(23(25)29)19(27)13-17(20-10-5-11-32-20)24-14-6-4-7-15(12-14)26(30)31/h2-12,17,24,28H,13H2,1H3/t17-/m1/s1. The van der Waals surface area contributed by atoms with Gasteiger partial charge in [0.25, 0.3) is 11.2 Å². The summed E-state index contributed by atoms with van der Waals surface area (Å²) in [6, 6.07) is 15.9. The summed E-state index contributed by atoms with van der Waals surface area (Å²) in [5, 5.41) is 27.3. The zero-order chi connectivity index (χ0) is 22.8. The number of pyridine rings is 1. The smallest absolute Gasteiger partial charge is 0.271 e. The van der Waals surface area contributed by atoms with E-state index in [9.17, 15) is 24.8 Å².